The van der Waals surface area contributed by atoms with E-state index in [1.165, 1.54) is 0 Å². The van der Waals surface area contributed by atoms with Crippen molar-refractivity contribution in [3.8, 4) is 5.75 Å². The first-order valence-electron chi connectivity index (χ1n) is 7.66. The van der Waals surface area contributed by atoms with Crippen molar-refractivity contribution < 1.29 is 9.53 Å². The Morgan fingerprint density at radius 1 is 1.29 bits per heavy atom. The molecule has 4 nitrogen and oxygen atoms in total. The van der Waals surface area contributed by atoms with Crippen LogP contribution in [0.3, 0.4) is 0 Å². The lowest BCUT2D eigenvalue weighted by Gasteiger charge is -2.32. The molecule has 1 aliphatic heterocycles. The number of carbonyl (C=O) groups is 1. The van der Waals surface area contributed by atoms with Gasteiger partial charge in [-0.1, -0.05) is 32.0 Å². The molecule has 1 amide bonds. The molecule has 1 fully saturated rings. The van der Waals surface area contributed by atoms with Crippen LogP contribution in [-0.4, -0.2) is 30.0 Å². The molecule has 1 aromatic rings. The van der Waals surface area contributed by atoms with E-state index in [4.69, 9.17) is 4.74 Å². The minimum Gasteiger partial charge on any atom is -0.496 e. The zero-order valence-corrected chi connectivity index (χ0v) is 13.6. The molecule has 0 saturated carbocycles. The van der Waals surface area contributed by atoms with Crippen LogP contribution in [0.25, 0.3) is 0 Å². The van der Waals surface area contributed by atoms with Crippen molar-refractivity contribution in [2.24, 2.45) is 5.92 Å². The van der Waals surface area contributed by atoms with Crippen LogP contribution in [0.4, 0.5) is 0 Å². The maximum Gasteiger partial charge on any atom is 0.241 e. The number of rotatable bonds is 5. The highest BCUT2D eigenvalue weighted by Gasteiger charge is 2.40. The first-order chi connectivity index (χ1) is 9.95. The second kappa shape index (κ2) is 6.48. The third kappa shape index (κ3) is 3.21. The predicted octanol–water partition coefficient (Wildman–Crippen LogP) is 2.95. The zero-order valence-electron chi connectivity index (χ0n) is 13.6. The Labute approximate surface area is 127 Å². The summed E-state index contributed by atoms with van der Waals surface area (Å²) in [5.74, 6) is 1.54. The molecule has 21 heavy (non-hydrogen) atoms. The Kier molecular flexibility index (Phi) is 4.88. The van der Waals surface area contributed by atoms with Gasteiger partial charge in [-0.25, -0.2) is 0 Å². The van der Waals surface area contributed by atoms with E-state index in [1.54, 1.807) is 7.11 Å². The smallest absolute Gasteiger partial charge is 0.241 e. The van der Waals surface area contributed by atoms with Gasteiger partial charge >= 0.3 is 0 Å². The Bertz CT molecular complexity index is 501. The minimum atomic E-state index is -0.158. The van der Waals surface area contributed by atoms with Crippen molar-refractivity contribution in [1.29, 1.82) is 0 Å². The number of amides is 1. The topological polar surface area (TPSA) is 41.6 Å². The van der Waals surface area contributed by atoms with E-state index in [0.29, 0.717) is 5.92 Å². The van der Waals surface area contributed by atoms with Crippen LogP contribution in [0.15, 0.2) is 24.3 Å². The molecule has 1 aliphatic rings. The first kappa shape index (κ1) is 15.8. The number of hydrogen-bond donors (Lipinski definition) is 1. The number of hydrogen-bond acceptors (Lipinski definition) is 3. The maximum absolute atomic E-state index is 12.5. The average Bonchev–Trinajstić information content (AvgIpc) is 2.74. The fourth-order valence-corrected chi connectivity index (χ4v) is 3.14. The molecule has 0 radical (unpaired) electrons. The summed E-state index contributed by atoms with van der Waals surface area (Å²) in [7, 11) is 1.67. The summed E-state index contributed by atoms with van der Waals surface area (Å²) >= 11 is 0. The molecule has 0 aromatic heterocycles. The van der Waals surface area contributed by atoms with Crippen LogP contribution in [0.5, 0.6) is 5.75 Å². The van der Waals surface area contributed by atoms with Gasteiger partial charge in [0.05, 0.1) is 13.2 Å². The molecule has 2 rings (SSSR count). The standard InChI is InChI=1S/C17H26N2O2/c1-11(2)10-12(3)19-16(18-13(4)17(19)20)14-8-6-7-9-15(14)21-5/h6-9,11-13,16,18H,10H2,1-5H3. The Morgan fingerprint density at radius 2 is 1.95 bits per heavy atom. The van der Waals surface area contributed by atoms with Crippen molar-refractivity contribution in [2.75, 3.05) is 7.11 Å². The Balaban J connectivity index is 2.33. The van der Waals surface area contributed by atoms with Gasteiger partial charge in [0.1, 0.15) is 11.9 Å². The highest BCUT2D eigenvalue weighted by Crippen LogP contribution is 2.34. The Hall–Kier alpha value is -1.55. The molecular formula is C17H26N2O2. The van der Waals surface area contributed by atoms with Gasteiger partial charge < -0.3 is 9.64 Å². The number of benzene rings is 1. The van der Waals surface area contributed by atoms with Gasteiger partial charge in [-0.3, -0.25) is 10.1 Å². The summed E-state index contributed by atoms with van der Waals surface area (Å²) in [4.78, 5) is 14.5. The van der Waals surface area contributed by atoms with Crippen LogP contribution in [0.1, 0.15) is 45.8 Å². The van der Waals surface area contributed by atoms with Crippen LogP contribution in [-0.2, 0) is 4.79 Å². The van der Waals surface area contributed by atoms with Gasteiger partial charge in [0.25, 0.3) is 0 Å². The van der Waals surface area contributed by atoms with Gasteiger partial charge in [-0.2, -0.15) is 0 Å². The van der Waals surface area contributed by atoms with E-state index >= 15 is 0 Å². The fourth-order valence-electron chi connectivity index (χ4n) is 3.14. The van der Waals surface area contributed by atoms with Gasteiger partial charge in [0, 0.05) is 11.6 Å². The van der Waals surface area contributed by atoms with E-state index in [9.17, 15) is 4.79 Å². The first-order valence-corrected chi connectivity index (χ1v) is 7.66. The third-order valence-electron chi connectivity index (χ3n) is 4.03. The average molecular weight is 290 g/mol. The van der Waals surface area contributed by atoms with Crippen molar-refractivity contribution >= 4 is 5.91 Å². The van der Waals surface area contributed by atoms with Crippen LogP contribution in [0.2, 0.25) is 0 Å². The summed E-state index contributed by atoms with van der Waals surface area (Å²) in [6.45, 7) is 8.42. The number of methoxy groups -OCH3 is 1. The molecule has 3 unspecified atom stereocenters. The molecule has 1 N–H and O–H groups in total. The monoisotopic (exact) mass is 290 g/mol. The molecule has 3 atom stereocenters. The van der Waals surface area contributed by atoms with Gasteiger partial charge in [-0.15, -0.1) is 0 Å². The van der Waals surface area contributed by atoms with Gasteiger partial charge in [0.2, 0.25) is 5.91 Å². The van der Waals surface area contributed by atoms with Gasteiger partial charge in [-0.05, 0) is 32.3 Å². The summed E-state index contributed by atoms with van der Waals surface area (Å²) in [6.07, 6.45) is 0.878. The highest BCUT2D eigenvalue weighted by atomic mass is 16.5. The zero-order chi connectivity index (χ0) is 15.6. The van der Waals surface area contributed by atoms with Crippen LogP contribution in [0, 0.1) is 5.92 Å². The molecular weight excluding hydrogens is 264 g/mol. The summed E-state index contributed by atoms with van der Waals surface area (Å²) in [6, 6.07) is 7.94. The molecule has 1 saturated heterocycles. The van der Waals surface area contributed by atoms with E-state index in [-0.39, 0.29) is 24.2 Å². The summed E-state index contributed by atoms with van der Waals surface area (Å²) < 4.78 is 5.46. The predicted molar refractivity (Wildman–Crippen MR) is 84.1 cm³/mol. The van der Waals surface area contributed by atoms with Crippen molar-refractivity contribution in [1.82, 2.24) is 10.2 Å². The van der Waals surface area contributed by atoms with Crippen molar-refractivity contribution in [2.45, 2.75) is 52.4 Å². The van der Waals surface area contributed by atoms with Gasteiger partial charge in [0.15, 0.2) is 0 Å². The third-order valence-corrected chi connectivity index (χ3v) is 4.03. The van der Waals surface area contributed by atoms with E-state index in [1.807, 2.05) is 36.1 Å². The van der Waals surface area contributed by atoms with Crippen molar-refractivity contribution in [3.63, 3.8) is 0 Å². The molecule has 0 aliphatic carbocycles. The van der Waals surface area contributed by atoms with Crippen molar-refractivity contribution in [3.05, 3.63) is 29.8 Å². The van der Waals surface area contributed by atoms with E-state index < -0.39 is 0 Å². The molecule has 4 heteroatoms. The largest absolute Gasteiger partial charge is 0.496 e. The molecule has 1 aromatic carbocycles. The number of ether oxygens (including phenoxy) is 1. The minimum absolute atomic E-state index is 0.114. The lowest BCUT2D eigenvalue weighted by molar-refractivity contribution is -0.132. The van der Waals surface area contributed by atoms with Crippen LogP contribution < -0.4 is 10.1 Å². The van der Waals surface area contributed by atoms with Crippen LogP contribution >= 0.6 is 0 Å². The van der Waals surface area contributed by atoms with E-state index in [0.717, 1.165) is 17.7 Å². The number of carbonyl (C=O) groups excluding carboxylic acids is 1. The SMILES string of the molecule is COc1ccccc1C1NC(C)C(=O)N1C(C)CC(C)C. The summed E-state index contributed by atoms with van der Waals surface area (Å²) in [5.41, 5.74) is 1.02. The molecule has 116 valence electrons. The summed E-state index contributed by atoms with van der Waals surface area (Å²) in [5, 5.41) is 3.40. The molecule has 0 bridgehead atoms. The van der Waals surface area contributed by atoms with E-state index in [2.05, 4.69) is 26.1 Å². The highest BCUT2D eigenvalue weighted by molar-refractivity contribution is 5.84. The molecule has 1 heterocycles. The maximum atomic E-state index is 12.5. The number of para-hydroxylation sites is 1. The second-order valence-corrected chi connectivity index (χ2v) is 6.26. The second-order valence-electron chi connectivity index (χ2n) is 6.26. The number of nitrogens with one attached hydrogen (secondary N) is 1. The quantitative estimate of drug-likeness (QED) is 0.906. The molecule has 0 spiro atoms. The normalized spacial score (nSPS) is 23.7. The lowest BCUT2D eigenvalue weighted by Crippen LogP contribution is -2.39. The fraction of sp³-hybridized carbons (Fsp3) is 0.588. The number of nitrogens with zero attached hydrogens (tertiary/aromatic N) is 1. The lowest BCUT2D eigenvalue weighted by atomic mass is 10.0. The Morgan fingerprint density at radius 3 is 2.57 bits per heavy atom.